The van der Waals surface area contributed by atoms with Crippen LogP contribution in [0.4, 0.5) is 5.69 Å². The maximum Gasteiger partial charge on any atom is 0.227 e. The summed E-state index contributed by atoms with van der Waals surface area (Å²) in [6.45, 7) is 1.90. The van der Waals surface area contributed by atoms with Crippen molar-refractivity contribution < 1.29 is 9.53 Å². The molecule has 1 amide bonds. The molecule has 1 aromatic carbocycles. The maximum atomic E-state index is 11.9. The Bertz CT molecular complexity index is 441. The molecule has 1 saturated carbocycles. The Morgan fingerprint density at radius 2 is 2.18 bits per heavy atom. The van der Waals surface area contributed by atoms with Crippen LogP contribution < -0.4 is 10.1 Å². The van der Waals surface area contributed by atoms with E-state index in [-0.39, 0.29) is 11.8 Å². The second kappa shape index (κ2) is 4.96. The lowest BCUT2D eigenvalue weighted by Crippen LogP contribution is -2.28. The summed E-state index contributed by atoms with van der Waals surface area (Å²) in [4.78, 5) is 11.9. The van der Waals surface area contributed by atoms with Crippen LogP contribution in [0.1, 0.15) is 24.8 Å². The highest BCUT2D eigenvalue weighted by Crippen LogP contribution is 2.33. The van der Waals surface area contributed by atoms with Crippen molar-refractivity contribution in [3.8, 4) is 5.75 Å². The molecular formula is C13H16ClNO2. The van der Waals surface area contributed by atoms with Crippen molar-refractivity contribution in [3.05, 3.63) is 22.7 Å². The van der Waals surface area contributed by atoms with Crippen LogP contribution in [0, 0.1) is 12.8 Å². The fourth-order valence-electron chi connectivity index (χ4n) is 1.84. The van der Waals surface area contributed by atoms with Crippen LogP contribution in [-0.4, -0.2) is 13.0 Å². The van der Waals surface area contributed by atoms with Gasteiger partial charge >= 0.3 is 0 Å². The second-order valence-corrected chi connectivity index (χ2v) is 4.83. The van der Waals surface area contributed by atoms with Crippen molar-refractivity contribution in [2.24, 2.45) is 5.92 Å². The van der Waals surface area contributed by atoms with Crippen LogP contribution in [-0.2, 0) is 4.79 Å². The molecule has 1 N–H and O–H groups in total. The molecule has 0 spiro atoms. The predicted octanol–water partition coefficient (Wildman–Crippen LogP) is 3.40. The van der Waals surface area contributed by atoms with Crippen LogP contribution in [0.25, 0.3) is 0 Å². The van der Waals surface area contributed by atoms with Gasteiger partial charge in [-0.3, -0.25) is 4.79 Å². The SMILES string of the molecule is COc1cc(Cl)c(C)cc1NC(=O)C1CCC1. The van der Waals surface area contributed by atoms with Gasteiger partial charge in [-0.15, -0.1) is 0 Å². The van der Waals surface area contributed by atoms with E-state index in [4.69, 9.17) is 16.3 Å². The number of hydrogen-bond donors (Lipinski definition) is 1. The zero-order valence-corrected chi connectivity index (χ0v) is 10.8. The number of halogens is 1. The quantitative estimate of drug-likeness (QED) is 0.897. The van der Waals surface area contributed by atoms with Crippen LogP contribution in [0.2, 0.25) is 5.02 Å². The van der Waals surface area contributed by atoms with E-state index in [1.54, 1.807) is 13.2 Å². The highest BCUT2D eigenvalue weighted by atomic mass is 35.5. The Morgan fingerprint density at radius 1 is 1.47 bits per heavy atom. The lowest BCUT2D eigenvalue weighted by atomic mass is 9.85. The summed E-state index contributed by atoms with van der Waals surface area (Å²) in [6, 6.07) is 3.57. The molecule has 1 aliphatic carbocycles. The van der Waals surface area contributed by atoms with Gasteiger partial charge in [-0.05, 0) is 31.4 Å². The number of anilines is 1. The molecule has 2 rings (SSSR count). The minimum Gasteiger partial charge on any atom is -0.495 e. The van der Waals surface area contributed by atoms with Gasteiger partial charge in [0.25, 0.3) is 0 Å². The summed E-state index contributed by atoms with van der Waals surface area (Å²) in [6.07, 6.45) is 3.12. The number of amides is 1. The zero-order valence-electron chi connectivity index (χ0n) is 10.0. The van der Waals surface area contributed by atoms with Crippen molar-refractivity contribution in [1.82, 2.24) is 0 Å². The summed E-state index contributed by atoms with van der Waals surface area (Å²) < 4.78 is 5.21. The van der Waals surface area contributed by atoms with Crippen molar-refractivity contribution in [3.63, 3.8) is 0 Å². The van der Waals surface area contributed by atoms with E-state index in [1.807, 2.05) is 13.0 Å². The fourth-order valence-corrected chi connectivity index (χ4v) is 1.99. The van der Waals surface area contributed by atoms with E-state index in [9.17, 15) is 4.79 Å². The molecule has 17 heavy (non-hydrogen) atoms. The molecule has 0 heterocycles. The molecule has 4 heteroatoms. The molecule has 3 nitrogen and oxygen atoms in total. The predicted molar refractivity (Wildman–Crippen MR) is 68.7 cm³/mol. The topological polar surface area (TPSA) is 38.3 Å². The number of methoxy groups -OCH3 is 1. The highest BCUT2D eigenvalue weighted by Gasteiger charge is 2.25. The lowest BCUT2D eigenvalue weighted by Gasteiger charge is -2.24. The van der Waals surface area contributed by atoms with Gasteiger partial charge < -0.3 is 10.1 Å². The number of ether oxygens (including phenoxy) is 1. The Labute approximate surface area is 106 Å². The standard InChI is InChI=1S/C13H16ClNO2/c1-8-6-11(12(17-2)7-10(8)14)15-13(16)9-4-3-5-9/h6-7,9H,3-5H2,1-2H3,(H,15,16). The molecule has 0 unspecified atom stereocenters. The first-order valence-electron chi connectivity index (χ1n) is 5.77. The highest BCUT2D eigenvalue weighted by molar-refractivity contribution is 6.31. The smallest absolute Gasteiger partial charge is 0.227 e. The fraction of sp³-hybridized carbons (Fsp3) is 0.462. The van der Waals surface area contributed by atoms with E-state index in [0.29, 0.717) is 16.5 Å². The van der Waals surface area contributed by atoms with Gasteiger partial charge in [0.2, 0.25) is 5.91 Å². The van der Waals surface area contributed by atoms with E-state index >= 15 is 0 Å². The van der Waals surface area contributed by atoms with E-state index in [0.717, 1.165) is 24.8 Å². The van der Waals surface area contributed by atoms with Gasteiger partial charge in [0, 0.05) is 17.0 Å². The average Bonchev–Trinajstić information content (AvgIpc) is 2.20. The molecule has 0 aliphatic heterocycles. The number of hydrogen-bond acceptors (Lipinski definition) is 2. The number of carbonyl (C=O) groups excluding carboxylic acids is 1. The molecule has 0 aromatic heterocycles. The number of aryl methyl sites for hydroxylation is 1. The van der Waals surface area contributed by atoms with Crippen molar-refractivity contribution in [1.29, 1.82) is 0 Å². The Morgan fingerprint density at radius 3 is 2.71 bits per heavy atom. The minimum atomic E-state index is 0.0799. The van der Waals surface area contributed by atoms with Gasteiger partial charge in [-0.25, -0.2) is 0 Å². The number of rotatable bonds is 3. The van der Waals surface area contributed by atoms with Gasteiger partial charge in [0.1, 0.15) is 5.75 Å². The molecule has 0 bridgehead atoms. The molecule has 0 atom stereocenters. The van der Waals surface area contributed by atoms with Gasteiger partial charge in [0.15, 0.2) is 0 Å². The second-order valence-electron chi connectivity index (χ2n) is 4.42. The summed E-state index contributed by atoms with van der Waals surface area (Å²) in [5.41, 5.74) is 1.63. The molecule has 0 radical (unpaired) electrons. The van der Waals surface area contributed by atoms with Gasteiger partial charge in [-0.1, -0.05) is 18.0 Å². The van der Waals surface area contributed by atoms with Gasteiger partial charge in [-0.2, -0.15) is 0 Å². The molecule has 1 aromatic rings. The summed E-state index contributed by atoms with van der Waals surface area (Å²) >= 11 is 6.01. The molecular weight excluding hydrogens is 238 g/mol. The third kappa shape index (κ3) is 2.55. The van der Waals surface area contributed by atoms with Gasteiger partial charge in [0.05, 0.1) is 12.8 Å². The largest absolute Gasteiger partial charge is 0.495 e. The number of carbonyl (C=O) groups is 1. The van der Waals surface area contributed by atoms with E-state index in [1.165, 1.54) is 0 Å². The Kier molecular flexibility index (Phi) is 3.57. The third-order valence-electron chi connectivity index (χ3n) is 3.21. The van der Waals surface area contributed by atoms with Crippen LogP contribution in [0.5, 0.6) is 5.75 Å². The first-order chi connectivity index (χ1) is 8.11. The summed E-state index contributed by atoms with van der Waals surface area (Å²) in [7, 11) is 1.57. The normalized spacial score (nSPS) is 15.2. The summed E-state index contributed by atoms with van der Waals surface area (Å²) in [5.74, 6) is 0.847. The zero-order chi connectivity index (χ0) is 12.4. The van der Waals surface area contributed by atoms with Crippen molar-refractivity contribution in [2.45, 2.75) is 26.2 Å². The third-order valence-corrected chi connectivity index (χ3v) is 3.62. The van der Waals surface area contributed by atoms with Crippen molar-refractivity contribution in [2.75, 3.05) is 12.4 Å². The first kappa shape index (κ1) is 12.2. The first-order valence-corrected chi connectivity index (χ1v) is 6.14. The Balaban J connectivity index is 2.18. The average molecular weight is 254 g/mol. The molecule has 92 valence electrons. The van der Waals surface area contributed by atoms with E-state index in [2.05, 4.69) is 5.32 Å². The van der Waals surface area contributed by atoms with Crippen LogP contribution in [0.15, 0.2) is 12.1 Å². The number of benzene rings is 1. The minimum absolute atomic E-state index is 0.0799. The number of nitrogens with one attached hydrogen (secondary N) is 1. The Hall–Kier alpha value is -1.22. The van der Waals surface area contributed by atoms with Crippen LogP contribution >= 0.6 is 11.6 Å². The molecule has 1 aliphatic rings. The van der Waals surface area contributed by atoms with Crippen molar-refractivity contribution >= 4 is 23.2 Å². The maximum absolute atomic E-state index is 11.9. The lowest BCUT2D eigenvalue weighted by molar-refractivity contribution is -0.122. The van der Waals surface area contributed by atoms with E-state index < -0.39 is 0 Å². The monoisotopic (exact) mass is 253 g/mol. The van der Waals surface area contributed by atoms with Crippen LogP contribution in [0.3, 0.4) is 0 Å². The summed E-state index contributed by atoms with van der Waals surface area (Å²) in [5, 5.41) is 3.55. The molecule has 0 saturated heterocycles. The molecule has 1 fully saturated rings.